The smallest absolute Gasteiger partial charge is 0.126 e. The second kappa shape index (κ2) is 5.74. The Hall–Kier alpha value is -1.05. The SMILES string of the molecule is [CH2]C(CF)c1cccc(CC)c1OCC. The molecule has 0 saturated carbocycles. The molecule has 0 amide bonds. The average molecular weight is 209 g/mol. The van der Waals surface area contributed by atoms with E-state index in [-0.39, 0.29) is 5.92 Å². The highest BCUT2D eigenvalue weighted by Crippen LogP contribution is 2.30. The third-order valence-corrected chi connectivity index (χ3v) is 2.42. The summed E-state index contributed by atoms with van der Waals surface area (Å²) in [6.07, 6.45) is 0.891. The van der Waals surface area contributed by atoms with Crippen LogP contribution in [0.4, 0.5) is 4.39 Å². The van der Waals surface area contributed by atoms with E-state index in [1.807, 2.05) is 25.1 Å². The van der Waals surface area contributed by atoms with E-state index in [0.717, 1.165) is 23.3 Å². The Morgan fingerprint density at radius 3 is 2.67 bits per heavy atom. The zero-order valence-corrected chi connectivity index (χ0v) is 9.42. The Kier molecular flexibility index (Phi) is 4.60. The summed E-state index contributed by atoms with van der Waals surface area (Å²) in [7, 11) is 0. The molecule has 1 unspecified atom stereocenters. The lowest BCUT2D eigenvalue weighted by Gasteiger charge is -2.17. The molecule has 1 aromatic rings. The summed E-state index contributed by atoms with van der Waals surface area (Å²) in [5.74, 6) is 0.484. The summed E-state index contributed by atoms with van der Waals surface area (Å²) in [5.41, 5.74) is 2.00. The van der Waals surface area contributed by atoms with Crippen molar-refractivity contribution in [2.45, 2.75) is 26.2 Å². The molecule has 0 bridgehead atoms. The van der Waals surface area contributed by atoms with Gasteiger partial charge in [0.2, 0.25) is 0 Å². The molecule has 0 aliphatic rings. The summed E-state index contributed by atoms with van der Waals surface area (Å²) in [6, 6.07) is 5.84. The molecule has 0 aliphatic heterocycles. The van der Waals surface area contributed by atoms with Crippen LogP contribution in [0.2, 0.25) is 0 Å². The molecule has 0 saturated heterocycles. The van der Waals surface area contributed by atoms with Crippen LogP contribution in [-0.4, -0.2) is 13.3 Å². The number of rotatable bonds is 5. The second-order valence-corrected chi connectivity index (χ2v) is 3.47. The van der Waals surface area contributed by atoms with Crippen LogP contribution in [0, 0.1) is 6.92 Å². The molecule has 1 atom stereocenters. The van der Waals surface area contributed by atoms with Gasteiger partial charge in [-0.05, 0) is 25.8 Å². The zero-order chi connectivity index (χ0) is 11.3. The van der Waals surface area contributed by atoms with Gasteiger partial charge in [0.05, 0.1) is 13.3 Å². The van der Waals surface area contributed by atoms with E-state index in [0.29, 0.717) is 6.61 Å². The van der Waals surface area contributed by atoms with Gasteiger partial charge in [-0.3, -0.25) is 4.39 Å². The Balaban J connectivity index is 3.12. The fraction of sp³-hybridized carbons (Fsp3) is 0.462. The molecule has 0 aliphatic carbocycles. The first kappa shape index (κ1) is 12.0. The number of para-hydroxylation sites is 1. The quantitative estimate of drug-likeness (QED) is 0.720. The molecule has 83 valence electrons. The van der Waals surface area contributed by atoms with Crippen LogP contribution in [0.15, 0.2) is 18.2 Å². The first-order valence-electron chi connectivity index (χ1n) is 5.38. The molecule has 1 rings (SSSR count). The van der Waals surface area contributed by atoms with Gasteiger partial charge in [0.25, 0.3) is 0 Å². The van der Waals surface area contributed by atoms with Crippen LogP contribution < -0.4 is 4.74 Å². The van der Waals surface area contributed by atoms with Crippen LogP contribution in [-0.2, 0) is 6.42 Å². The maximum absolute atomic E-state index is 12.6. The number of halogens is 1. The van der Waals surface area contributed by atoms with Crippen LogP contribution in [0.3, 0.4) is 0 Å². The van der Waals surface area contributed by atoms with Crippen molar-refractivity contribution in [3.8, 4) is 5.75 Å². The Morgan fingerprint density at radius 1 is 1.40 bits per heavy atom. The molecule has 1 nitrogen and oxygen atoms in total. The summed E-state index contributed by atoms with van der Waals surface area (Å²) in [6.45, 7) is 7.94. The predicted octanol–water partition coefficient (Wildman–Crippen LogP) is 3.53. The van der Waals surface area contributed by atoms with E-state index < -0.39 is 6.67 Å². The molecule has 0 heterocycles. The largest absolute Gasteiger partial charge is 0.493 e. The van der Waals surface area contributed by atoms with Gasteiger partial charge in [-0.2, -0.15) is 0 Å². The highest BCUT2D eigenvalue weighted by Gasteiger charge is 2.14. The maximum Gasteiger partial charge on any atom is 0.126 e. The lowest BCUT2D eigenvalue weighted by Crippen LogP contribution is -2.04. The van der Waals surface area contributed by atoms with Crippen molar-refractivity contribution in [1.82, 2.24) is 0 Å². The summed E-state index contributed by atoms with van der Waals surface area (Å²) in [5, 5.41) is 0. The maximum atomic E-state index is 12.6. The van der Waals surface area contributed by atoms with Crippen LogP contribution in [0.5, 0.6) is 5.75 Å². The first-order valence-corrected chi connectivity index (χ1v) is 5.38. The molecular formula is C13H18FO. The molecule has 1 aromatic carbocycles. The normalized spacial score (nSPS) is 12.5. The van der Waals surface area contributed by atoms with Gasteiger partial charge >= 0.3 is 0 Å². The molecule has 2 heteroatoms. The highest BCUT2D eigenvalue weighted by molar-refractivity contribution is 5.44. The summed E-state index contributed by atoms with van der Waals surface area (Å²) >= 11 is 0. The van der Waals surface area contributed by atoms with Crippen molar-refractivity contribution in [3.63, 3.8) is 0 Å². The predicted molar refractivity (Wildman–Crippen MR) is 61.1 cm³/mol. The summed E-state index contributed by atoms with van der Waals surface area (Å²) < 4.78 is 18.2. The molecular weight excluding hydrogens is 191 g/mol. The van der Waals surface area contributed by atoms with Gasteiger partial charge < -0.3 is 4.74 Å². The first-order chi connectivity index (χ1) is 7.24. The fourth-order valence-electron chi connectivity index (χ4n) is 1.61. The van der Waals surface area contributed by atoms with Crippen molar-refractivity contribution in [3.05, 3.63) is 36.2 Å². The number of ether oxygens (including phenoxy) is 1. The highest BCUT2D eigenvalue weighted by atomic mass is 19.1. The molecule has 15 heavy (non-hydrogen) atoms. The minimum absolute atomic E-state index is 0.335. The molecule has 0 fully saturated rings. The third kappa shape index (κ3) is 2.71. The molecule has 1 radical (unpaired) electrons. The topological polar surface area (TPSA) is 9.23 Å². The van der Waals surface area contributed by atoms with Gasteiger partial charge in [0.15, 0.2) is 0 Å². The molecule has 0 N–H and O–H groups in total. The van der Waals surface area contributed by atoms with E-state index in [1.54, 1.807) is 0 Å². The van der Waals surface area contributed by atoms with E-state index in [1.165, 1.54) is 0 Å². The minimum Gasteiger partial charge on any atom is -0.493 e. The van der Waals surface area contributed by atoms with E-state index in [4.69, 9.17) is 4.74 Å². The van der Waals surface area contributed by atoms with E-state index in [9.17, 15) is 4.39 Å². The lowest BCUT2D eigenvalue weighted by molar-refractivity contribution is 0.329. The van der Waals surface area contributed by atoms with Crippen molar-refractivity contribution in [1.29, 1.82) is 0 Å². The second-order valence-electron chi connectivity index (χ2n) is 3.47. The number of hydrogen-bond acceptors (Lipinski definition) is 1. The Morgan fingerprint density at radius 2 is 2.13 bits per heavy atom. The van der Waals surface area contributed by atoms with E-state index in [2.05, 4.69) is 13.8 Å². The van der Waals surface area contributed by atoms with Gasteiger partial charge in [-0.15, -0.1) is 0 Å². The lowest BCUT2D eigenvalue weighted by atomic mass is 9.97. The molecule has 0 spiro atoms. The minimum atomic E-state index is -0.451. The van der Waals surface area contributed by atoms with Gasteiger partial charge in [-0.25, -0.2) is 0 Å². The van der Waals surface area contributed by atoms with Crippen molar-refractivity contribution in [2.75, 3.05) is 13.3 Å². The number of hydrogen-bond donors (Lipinski definition) is 0. The van der Waals surface area contributed by atoms with Crippen LogP contribution >= 0.6 is 0 Å². The Labute approximate surface area is 91.3 Å². The number of alkyl halides is 1. The fourth-order valence-corrected chi connectivity index (χ4v) is 1.61. The monoisotopic (exact) mass is 209 g/mol. The van der Waals surface area contributed by atoms with Crippen LogP contribution in [0.1, 0.15) is 30.9 Å². The average Bonchev–Trinajstić information content (AvgIpc) is 2.28. The number of benzene rings is 1. The zero-order valence-electron chi connectivity index (χ0n) is 9.42. The summed E-state index contributed by atoms with van der Waals surface area (Å²) in [4.78, 5) is 0. The Bertz CT molecular complexity index is 309. The van der Waals surface area contributed by atoms with Crippen molar-refractivity contribution in [2.24, 2.45) is 0 Å². The number of aryl methyl sites for hydroxylation is 1. The van der Waals surface area contributed by atoms with Crippen LogP contribution in [0.25, 0.3) is 0 Å². The third-order valence-electron chi connectivity index (χ3n) is 2.42. The van der Waals surface area contributed by atoms with Crippen molar-refractivity contribution < 1.29 is 9.13 Å². The van der Waals surface area contributed by atoms with Gasteiger partial charge in [0, 0.05) is 11.5 Å². The van der Waals surface area contributed by atoms with E-state index >= 15 is 0 Å². The standard InChI is InChI=1S/C13H18FO/c1-4-11-7-6-8-12(10(3)9-14)13(11)15-5-2/h6-8,10H,3-5,9H2,1-2H3. The molecule has 0 aromatic heterocycles. The van der Waals surface area contributed by atoms with Gasteiger partial charge in [-0.1, -0.05) is 25.1 Å². The van der Waals surface area contributed by atoms with Crippen molar-refractivity contribution >= 4 is 0 Å². The van der Waals surface area contributed by atoms with Gasteiger partial charge in [0.1, 0.15) is 5.75 Å².